The van der Waals surface area contributed by atoms with Crippen molar-refractivity contribution in [2.24, 2.45) is 5.73 Å². The first-order valence-corrected chi connectivity index (χ1v) is 28.2. The van der Waals surface area contributed by atoms with Crippen molar-refractivity contribution in [2.45, 2.75) is 70.6 Å². The minimum Gasteiger partial charge on any atom is -0.359 e. The number of amides is 11. The number of rotatable bonds is 44. The van der Waals surface area contributed by atoms with E-state index in [2.05, 4.69) is 89.1 Å². The first-order chi connectivity index (χ1) is 39.2. The molecule has 0 aromatic heterocycles. The molecular formula is C52H109N19O11. The number of carbonyl (C=O) groups excluding carboxylic acids is 11. The molecule has 0 aromatic carbocycles. The third-order valence-corrected chi connectivity index (χ3v) is 12.2. The maximum absolute atomic E-state index is 11.6. The van der Waals surface area contributed by atoms with Crippen LogP contribution >= 0.6 is 0 Å². The van der Waals surface area contributed by atoms with E-state index < -0.39 is 0 Å². The molecule has 0 aliphatic carbocycles. The molecule has 0 aliphatic heterocycles. The molecule has 0 atom stereocenters. The van der Waals surface area contributed by atoms with Gasteiger partial charge in [0.2, 0.25) is 65.0 Å². The summed E-state index contributed by atoms with van der Waals surface area (Å²) in [5.74, 6) is -0.160. The molecule has 0 radical (unpaired) electrons. The first kappa shape index (κ1) is 82.3. The summed E-state index contributed by atoms with van der Waals surface area (Å²) < 4.78 is 0. The highest BCUT2D eigenvalue weighted by Gasteiger charge is 2.15. The van der Waals surface area contributed by atoms with Gasteiger partial charge in [-0.25, -0.2) is 0 Å². The van der Waals surface area contributed by atoms with Crippen molar-refractivity contribution in [3.63, 3.8) is 0 Å². The normalized spacial score (nSPS) is 10.3. The van der Waals surface area contributed by atoms with Gasteiger partial charge < -0.3 is 99.8 Å². The lowest BCUT2D eigenvalue weighted by molar-refractivity contribution is -0.122. The highest BCUT2D eigenvalue weighted by Crippen LogP contribution is 2.01. The van der Waals surface area contributed by atoms with Crippen molar-refractivity contribution in [1.82, 2.24) is 94.0 Å². The van der Waals surface area contributed by atoms with Crippen LogP contribution in [-0.4, -0.2) is 286 Å². The van der Waals surface area contributed by atoms with Gasteiger partial charge in [-0.2, -0.15) is 0 Å². The number of nitrogens with zero attached hydrogens (tertiary/aromatic N) is 4. The molecule has 16 N–H and O–H groups in total. The lowest BCUT2D eigenvalue weighted by Crippen LogP contribution is -2.40. The van der Waals surface area contributed by atoms with Crippen molar-refractivity contribution in [1.29, 1.82) is 0 Å². The molecule has 0 bridgehead atoms. The number of hydrogen-bond acceptors (Lipinski definition) is 19. The molecule has 0 fully saturated rings. The van der Waals surface area contributed by atoms with E-state index in [1.807, 2.05) is 4.90 Å². The van der Waals surface area contributed by atoms with E-state index in [1.165, 1.54) is 0 Å². The van der Waals surface area contributed by atoms with Crippen LogP contribution < -0.4 is 80.2 Å². The standard InChI is InChI=1S/C18H36N6O4.C14H29N5O3.2C10H22N4O2/c1-19-15(25)5-9-23(10-6-16(26)20-2)13-14-24(11-7-17(27)21-3)12-8-18(28)22-4;1-15-12(20)4-7-18-8-11-19(9-5-13(21)16-2)10-6-14(22)17-3;1-12-9(15)3-6-14(8-5-11)7-4-10(16)13-2;1-11-9(15)3-5-13-7-8-14-6-4-10(16)12-2/h5-14H2,1-4H3,(H,19,25)(H,20,26)(H,21,27)(H,22,28);18H,4-11H2,1-3H3,(H,15,20)(H,16,21)(H,17,22);3-8,11H2,1-2H3,(H,12,15)(H,13,16);13-14H,3-8H2,1-2H3,(H,11,15)(H,12,16). The van der Waals surface area contributed by atoms with Gasteiger partial charge in [0.25, 0.3) is 0 Å². The molecule has 30 nitrogen and oxygen atoms in total. The first-order valence-electron chi connectivity index (χ1n) is 28.2. The lowest BCUT2D eigenvalue weighted by Gasteiger charge is -2.27. The number of hydrogen-bond donors (Lipinski definition) is 15. The number of nitrogens with one attached hydrogen (secondary N) is 14. The smallest absolute Gasteiger partial charge is 0.221 e. The largest absolute Gasteiger partial charge is 0.359 e. The molecule has 0 heterocycles. The Morgan fingerprint density at radius 2 is 0.390 bits per heavy atom. The number of nitrogens with two attached hydrogens (primary N) is 1. The van der Waals surface area contributed by atoms with Crippen molar-refractivity contribution < 1.29 is 52.7 Å². The van der Waals surface area contributed by atoms with E-state index in [0.717, 1.165) is 19.6 Å². The van der Waals surface area contributed by atoms with Gasteiger partial charge in [-0.1, -0.05) is 0 Å². The Morgan fingerprint density at radius 1 is 0.220 bits per heavy atom. The third-order valence-electron chi connectivity index (χ3n) is 12.2. The zero-order valence-electron chi connectivity index (χ0n) is 51.6. The van der Waals surface area contributed by atoms with Crippen LogP contribution in [0.5, 0.6) is 0 Å². The molecule has 0 rings (SSSR count). The van der Waals surface area contributed by atoms with E-state index >= 15 is 0 Å². The topological polar surface area (TPSA) is 395 Å². The summed E-state index contributed by atoms with van der Waals surface area (Å²) in [7, 11) is 17.7. The van der Waals surface area contributed by atoms with Gasteiger partial charge in [-0.15, -0.1) is 0 Å². The van der Waals surface area contributed by atoms with E-state index in [1.54, 1.807) is 77.5 Å². The Kier molecular flexibility index (Phi) is 59.7. The second-order valence-corrected chi connectivity index (χ2v) is 18.1. The third kappa shape index (κ3) is 57.1. The summed E-state index contributed by atoms with van der Waals surface area (Å²) in [4.78, 5) is 132. The van der Waals surface area contributed by atoms with Crippen molar-refractivity contribution >= 4 is 65.0 Å². The average molecular weight is 1180 g/mol. The van der Waals surface area contributed by atoms with Crippen LogP contribution in [0.2, 0.25) is 0 Å². The van der Waals surface area contributed by atoms with E-state index in [4.69, 9.17) is 5.73 Å². The SMILES string of the molecule is CNC(=O)CCN(CCC(=O)NC)CCN(CCC(=O)NC)CCC(=O)NC.CNC(=O)CCN(CCN)CCC(=O)NC.CNC(=O)CCNCCN(CCC(=O)NC)CCC(=O)NC.CNC(=O)CCNCCNCCC(=O)NC. The van der Waals surface area contributed by atoms with Crippen LogP contribution in [0.4, 0.5) is 0 Å². The van der Waals surface area contributed by atoms with Gasteiger partial charge in [0.1, 0.15) is 0 Å². The Labute approximate surface area is 488 Å². The minimum atomic E-state index is -0.0546. The molecule has 0 aliphatic rings. The summed E-state index contributed by atoms with van der Waals surface area (Å²) in [5, 5.41) is 37.8. The summed E-state index contributed by atoms with van der Waals surface area (Å²) in [6.45, 7) is 12.1. The second kappa shape index (κ2) is 59.5. The molecule has 0 saturated carbocycles. The summed E-state index contributed by atoms with van der Waals surface area (Å²) in [6, 6.07) is 0. The fourth-order valence-corrected chi connectivity index (χ4v) is 6.65. The number of carbonyl (C=O) groups is 11. The molecule has 82 heavy (non-hydrogen) atoms. The molecule has 478 valence electrons. The molecular weight excluding hydrogens is 1070 g/mol. The van der Waals surface area contributed by atoms with Crippen molar-refractivity contribution in [2.75, 3.05) is 202 Å². The second-order valence-electron chi connectivity index (χ2n) is 18.1. The van der Waals surface area contributed by atoms with E-state index in [9.17, 15) is 52.7 Å². The Hall–Kier alpha value is -6.15. The Morgan fingerprint density at radius 3 is 0.585 bits per heavy atom. The maximum atomic E-state index is 11.6. The van der Waals surface area contributed by atoms with Gasteiger partial charge in [-0.05, 0) is 0 Å². The summed E-state index contributed by atoms with van der Waals surface area (Å²) in [6.07, 6.45) is 4.50. The zero-order valence-corrected chi connectivity index (χ0v) is 51.6. The quantitative estimate of drug-likeness (QED) is 0.0252. The lowest BCUT2D eigenvalue weighted by atomic mass is 10.2. The fraction of sp³-hybridized carbons (Fsp3) is 0.788. The highest BCUT2D eigenvalue weighted by molar-refractivity contribution is 5.79. The van der Waals surface area contributed by atoms with Gasteiger partial charge in [0.15, 0.2) is 0 Å². The van der Waals surface area contributed by atoms with Gasteiger partial charge in [0.05, 0.1) is 0 Å². The van der Waals surface area contributed by atoms with E-state index in [-0.39, 0.29) is 65.0 Å². The summed E-state index contributed by atoms with van der Waals surface area (Å²) >= 11 is 0. The van der Waals surface area contributed by atoms with E-state index in [0.29, 0.717) is 175 Å². The van der Waals surface area contributed by atoms with Crippen molar-refractivity contribution in [3.8, 4) is 0 Å². The molecule has 0 saturated heterocycles. The predicted octanol–water partition coefficient (Wildman–Crippen LogP) is -6.62. The van der Waals surface area contributed by atoms with Crippen LogP contribution in [0.1, 0.15) is 70.6 Å². The van der Waals surface area contributed by atoms with Crippen LogP contribution in [-0.2, 0) is 52.7 Å². The zero-order chi connectivity index (χ0) is 62.8. The van der Waals surface area contributed by atoms with Crippen LogP contribution in [0, 0.1) is 0 Å². The van der Waals surface area contributed by atoms with Gasteiger partial charge in [-0.3, -0.25) is 52.7 Å². The molecule has 0 spiro atoms. The monoisotopic (exact) mass is 1180 g/mol. The van der Waals surface area contributed by atoms with Crippen LogP contribution in [0.15, 0.2) is 0 Å². The molecule has 0 aromatic rings. The Bertz CT molecular complexity index is 1610. The molecule has 0 unspecified atom stereocenters. The Balaban J connectivity index is -0.000000509. The fourth-order valence-electron chi connectivity index (χ4n) is 6.65. The molecule has 30 heteroatoms. The van der Waals surface area contributed by atoms with Gasteiger partial charge >= 0.3 is 0 Å². The van der Waals surface area contributed by atoms with Gasteiger partial charge in [0, 0.05) is 273 Å². The van der Waals surface area contributed by atoms with Crippen LogP contribution in [0.3, 0.4) is 0 Å². The summed E-state index contributed by atoms with van der Waals surface area (Å²) in [5.41, 5.74) is 5.46. The average Bonchev–Trinajstić information content (AvgIpc) is 3.50. The van der Waals surface area contributed by atoms with Crippen LogP contribution in [0.25, 0.3) is 0 Å². The highest BCUT2D eigenvalue weighted by atomic mass is 16.2. The maximum Gasteiger partial charge on any atom is 0.221 e. The minimum absolute atomic E-state index is 0.00182. The van der Waals surface area contributed by atoms with Crippen molar-refractivity contribution in [3.05, 3.63) is 0 Å². The predicted molar refractivity (Wildman–Crippen MR) is 319 cm³/mol. The molecule has 11 amide bonds.